The molecule has 112 valence electrons. The summed E-state index contributed by atoms with van der Waals surface area (Å²) in [5.41, 5.74) is 1.40. The Labute approximate surface area is 127 Å². The molecule has 3 heterocycles. The third-order valence-corrected chi connectivity index (χ3v) is 4.64. The van der Waals surface area contributed by atoms with Gasteiger partial charge in [-0.15, -0.1) is 0 Å². The van der Waals surface area contributed by atoms with Gasteiger partial charge in [0.2, 0.25) is 5.76 Å². The quantitative estimate of drug-likeness (QED) is 0.921. The fraction of sp³-hybridized carbons (Fsp3) is 0.467. The smallest absolute Gasteiger partial charge is 0.289 e. The van der Waals surface area contributed by atoms with E-state index in [0.717, 1.165) is 32.5 Å². The maximum Gasteiger partial charge on any atom is 0.289 e. The summed E-state index contributed by atoms with van der Waals surface area (Å²) in [4.78, 5) is 14.3. The van der Waals surface area contributed by atoms with Crippen LogP contribution in [0.25, 0.3) is 0 Å². The predicted octanol–water partition coefficient (Wildman–Crippen LogP) is 2.38. The molecular formula is C15H19N3O2S. The number of piperidine rings is 1. The third-order valence-electron chi connectivity index (χ3n) is 3.91. The summed E-state index contributed by atoms with van der Waals surface area (Å²) < 4.78 is 4.84. The second kappa shape index (κ2) is 6.87. The van der Waals surface area contributed by atoms with Crippen molar-refractivity contribution in [1.29, 1.82) is 0 Å². The standard InChI is InChI=1S/C15H19N3O2S/c19-15(14-1-5-17-20-14)16-9-12-2-6-18(7-3-12)10-13-4-8-21-11-13/h1,4-5,8,11-12H,2-3,6-7,9-10H2,(H,16,19). The van der Waals surface area contributed by atoms with Crippen molar-refractivity contribution in [1.82, 2.24) is 15.4 Å². The number of nitrogens with one attached hydrogen (secondary N) is 1. The lowest BCUT2D eigenvalue weighted by molar-refractivity contribution is 0.0898. The Hall–Kier alpha value is -1.66. The monoisotopic (exact) mass is 305 g/mol. The summed E-state index contributed by atoms with van der Waals surface area (Å²) in [7, 11) is 0. The van der Waals surface area contributed by atoms with Gasteiger partial charge in [-0.2, -0.15) is 11.3 Å². The number of thiophene rings is 1. The maximum absolute atomic E-state index is 11.8. The fourth-order valence-corrected chi connectivity index (χ4v) is 3.31. The Balaban J connectivity index is 1.39. The normalized spacial score (nSPS) is 17.0. The molecule has 0 aliphatic carbocycles. The van der Waals surface area contributed by atoms with Gasteiger partial charge in [0.05, 0.1) is 6.20 Å². The van der Waals surface area contributed by atoms with Crippen molar-refractivity contribution in [2.45, 2.75) is 19.4 Å². The summed E-state index contributed by atoms with van der Waals surface area (Å²) >= 11 is 1.75. The summed E-state index contributed by atoms with van der Waals surface area (Å²) in [6, 6.07) is 3.77. The van der Waals surface area contributed by atoms with E-state index in [1.807, 2.05) is 0 Å². The van der Waals surface area contributed by atoms with Crippen LogP contribution in [0.5, 0.6) is 0 Å². The van der Waals surface area contributed by atoms with Gasteiger partial charge in [0, 0.05) is 19.2 Å². The zero-order valence-electron chi connectivity index (χ0n) is 11.8. The Morgan fingerprint density at radius 3 is 2.95 bits per heavy atom. The molecule has 0 bridgehead atoms. The van der Waals surface area contributed by atoms with Crippen LogP contribution in [-0.4, -0.2) is 35.6 Å². The van der Waals surface area contributed by atoms with Gasteiger partial charge >= 0.3 is 0 Å². The molecule has 1 amide bonds. The molecule has 1 saturated heterocycles. The number of nitrogens with zero attached hydrogens (tertiary/aromatic N) is 2. The molecule has 1 aliphatic rings. The van der Waals surface area contributed by atoms with Crippen LogP contribution in [-0.2, 0) is 6.54 Å². The van der Waals surface area contributed by atoms with Crippen molar-refractivity contribution >= 4 is 17.2 Å². The second-order valence-corrected chi connectivity index (χ2v) is 6.22. The topological polar surface area (TPSA) is 58.4 Å². The molecule has 1 N–H and O–H groups in total. The van der Waals surface area contributed by atoms with Crippen LogP contribution in [0.15, 0.2) is 33.6 Å². The van der Waals surface area contributed by atoms with Crippen molar-refractivity contribution in [2.24, 2.45) is 5.92 Å². The van der Waals surface area contributed by atoms with Crippen molar-refractivity contribution in [3.63, 3.8) is 0 Å². The fourth-order valence-electron chi connectivity index (χ4n) is 2.65. The zero-order valence-corrected chi connectivity index (χ0v) is 12.6. The van der Waals surface area contributed by atoms with Crippen LogP contribution in [0.2, 0.25) is 0 Å². The van der Waals surface area contributed by atoms with Gasteiger partial charge in [0.15, 0.2) is 0 Å². The molecule has 1 aliphatic heterocycles. The Bertz CT molecular complexity index is 546. The van der Waals surface area contributed by atoms with Gasteiger partial charge in [0.25, 0.3) is 5.91 Å². The van der Waals surface area contributed by atoms with E-state index in [9.17, 15) is 4.79 Å². The van der Waals surface area contributed by atoms with E-state index in [2.05, 4.69) is 32.2 Å². The molecule has 0 saturated carbocycles. The largest absolute Gasteiger partial charge is 0.351 e. The van der Waals surface area contributed by atoms with E-state index in [1.54, 1.807) is 17.4 Å². The highest BCUT2D eigenvalue weighted by atomic mass is 32.1. The van der Waals surface area contributed by atoms with Crippen LogP contribution >= 0.6 is 11.3 Å². The van der Waals surface area contributed by atoms with Gasteiger partial charge in [-0.05, 0) is 54.2 Å². The molecule has 6 heteroatoms. The van der Waals surface area contributed by atoms with Gasteiger partial charge in [-0.25, -0.2) is 0 Å². The van der Waals surface area contributed by atoms with E-state index < -0.39 is 0 Å². The van der Waals surface area contributed by atoms with E-state index in [1.165, 1.54) is 11.8 Å². The summed E-state index contributed by atoms with van der Waals surface area (Å²) in [5.74, 6) is 0.661. The van der Waals surface area contributed by atoms with E-state index in [0.29, 0.717) is 12.5 Å². The third kappa shape index (κ3) is 3.92. The molecule has 1 fully saturated rings. The van der Waals surface area contributed by atoms with E-state index >= 15 is 0 Å². The highest BCUT2D eigenvalue weighted by molar-refractivity contribution is 7.07. The average molecular weight is 305 g/mol. The number of hydrogen-bond acceptors (Lipinski definition) is 5. The second-order valence-electron chi connectivity index (χ2n) is 5.44. The van der Waals surface area contributed by atoms with Gasteiger partial charge in [-0.1, -0.05) is 5.16 Å². The molecular weight excluding hydrogens is 286 g/mol. The van der Waals surface area contributed by atoms with Crippen LogP contribution in [0.1, 0.15) is 29.0 Å². The van der Waals surface area contributed by atoms with Crippen LogP contribution < -0.4 is 5.32 Å². The molecule has 5 nitrogen and oxygen atoms in total. The number of rotatable bonds is 5. The summed E-state index contributed by atoms with van der Waals surface area (Å²) in [5, 5.41) is 10.8. The molecule has 2 aromatic heterocycles. The SMILES string of the molecule is O=C(NCC1CCN(Cc2ccsc2)CC1)c1ccno1. The van der Waals surface area contributed by atoms with Gasteiger partial charge in [0.1, 0.15) is 0 Å². The van der Waals surface area contributed by atoms with Crippen LogP contribution in [0.3, 0.4) is 0 Å². The molecule has 2 aromatic rings. The highest BCUT2D eigenvalue weighted by Crippen LogP contribution is 2.19. The van der Waals surface area contributed by atoms with E-state index in [-0.39, 0.29) is 11.7 Å². The van der Waals surface area contributed by atoms with Crippen molar-refractivity contribution in [3.8, 4) is 0 Å². The summed E-state index contributed by atoms with van der Waals surface area (Å²) in [6.07, 6.45) is 3.74. The van der Waals surface area contributed by atoms with Gasteiger partial charge < -0.3 is 9.84 Å². The lowest BCUT2D eigenvalue weighted by Gasteiger charge is -2.31. The Morgan fingerprint density at radius 2 is 2.29 bits per heavy atom. The number of carbonyl (C=O) groups is 1. The molecule has 21 heavy (non-hydrogen) atoms. The molecule has 0 radical (unpaired) electrons. The first-order valence-corrected chi connectivity index (χ1v) is 8.18. The van der Waals surface area contributed by atoms with Crippen molar-refractivity contribution in [3.05, 3.63) is 40.4 Å². The van der Waals surface area contributed by atoms with Crippen LogP contribution in [0.4, 0.5) is 0 Å². The van der Waals surface area contributed by atoms with Crippen molar-refractivity contribution < 1.29 is 9.32 Å². The number of amides is 1. The number of carbonyl (C=O) groups excluding carboxylic acids is 1. The molecule has 0 unspecified atom stereocenters. The number of aromatic nitrogens is 1. The van der Waals surface area contributed by atoms with E-state index in [4.69, 9.17) is 4.52 Å². The lowest BCUT2D eigenvalue weighted by Crippen LogP contribution is -2.38. The first-order chi connectivity index (χ1) is 10.3. The predicted molar refractivity (Wildman–Crippen MR) is 81.2 cm³/mol. The maximum atomic E-state index is 11.8. The minimum atomic E-state index is -0.173. The molecule has 0 spiro atoms. The lowest BCUT2D eigenvalue weighted by atomic mass is 9.96. The first-order valence-electron chi connectivity index (χ1n) is 7.23. The van der Waals surface area contributed by atoms with Gasteiger partial charge in [-0.3, -0.25) is 9.69 Å². The Morgan fingerprint density at radius 1 is 1.43 bits per heavy atom. The first kappa shape index (κ1) is 14.3. The minimum absolute atomic E-state index is 0.173. The molecule has 3 rings (SSSR count). The number of likely N-dealkylation sites (tertiary alicyclic amines) is 1. The number of hydrogen-bond donors (Lipinski definition) is 1. The summed E-state index contributed by atoms with van der Waals surface area (Å²) in [6.45, 7) is 3.95. The zero-order chi connectivity index (χ0) is 14.5. The Kier molecular flexibility index (Phi) is 4.67. The van der Waals surface area contributed by atoms with Crippen molar-refractivity contribution in [2.75, 3.05) is 19.6 Å². The minimum Gasteiger partial charge on any atom is -0.351 e. The highest BCUT2D eigenvalue weighted by Gasteiger charge is 2.20. The molecule has 0 atom stereocenters. The molecule has 0 aromatic carbocycles. The van der Waals surface area contributed by atoms with Crippen LogP contribution in [0, 0.1) is 5.92 Å². The average Bonchev–Trinajstić information content (AvgIpc) is 3.19.